The molecule has 172 valence electrons. The van der Waals surface area contributed by atoms with Crippen molar-refractivity contribution in [2.45, 2.75) is 51.7 Å². The van der Waals surface area contributed by atoms with Crippen LogP contribution in [0.5, 0.6) is 0 Å². The van der Waals surface area contributed by atoms with Crippen LogP contribution < -0.4 is 10.6 Å². The molecule has 3 atom stereocenters. The molecule has 4 heterocycles. The summed E-state index contributed by atoms with van der Waals surface area (Å²) >= 11 is 0. The number of allylic oxidation sites excluding steroid dienone is 2. The first-order chi connectivity index (χ1) is 15.9. The largest absolute Gasteiger partial charge is 0.384 e. The summed E-state index contributed by atoms with van der Waals surface area (Å²) < 4.78 is 13.2. The molecule has 1 saturated carbocycles. The molecule has 1 aliphatic carbocycles. The Morgan fingerprint density at radius 3 is 2.73 bits per heavy atom. The summed E-state index contributed by atoms with van der Waals surface area (Å²) in [5.74, 6) is -0.753. The molecule has 0 spiro atoms. The zero-order valence-electron chi connectivity index (χ0n) is 18.9. The highest BCUT2D eigenvalue weighted by atomic mass is 19.1. The molecule has 2 aromatic rings. The number of dihydropyridines is 1. The number of hydrogen-bond donors (Lipinski definition) is 2. The van der Waals surface area contributed by atoms with Gasteiger partial charge in [0.05, 0.1) is 11.4 Å². The van der Waals surface area contributed by atoms with Crippen LogP contribution in [0.1, 0.15) is 55.6 Å². The average molecular weight is 450 g/mol. The van der Waals surface area contributed by atoms with Crippen LogP contribution >= 0.6 is 0 Å². The van der Waals surface area contributed by atoms with E-state index in [9.17, 15) is 14.0 Å². The Hall–Kier alpha value is -3.29. The molecule has 0 aromatic carbocycles. The summed E-state index contributed by atoms with van der Waals surface area (Å²) in [6, 6.07) is 3.87. The van der Waals surface area contributed by atoms with Crippen LogP contribution in [0.15, 0.2) is 36.2 Å². The fourth-order valence-electron chi connectivity index (χ4n) is 4.34. The van der Waals surface area contributed by atoms with Crippen LogP contribution in [0, 0.1) is 5.92 Å². The summed E-state index contributed by atoms with van der Waals surface area (Å²) in [6.45, 7) is 5.67. The number of likely N-dealkylation sites (tertiary alicyclic amines) is 1. The molecular formula is C25H28FN5O2. The Kier molecular flexibility index (Phi) is 5.60. The van der Waals surface area contributed by atoms with Gasteiger partial charge in [0, 0.05) is 54.1 Å². The molecule has 33 heavy (non-hydrogen) atoms. The van der Waals surface area contributed by atoms with Crippen molar-refractivity contribution in [2.75, 3.05) is 18.4 Å². The summed E-state index contributed by atoms with van der Waals surface area (Å²) in [4.78, 5) is 36.2. The van der Waals surface area contributed by atoms with Crippen molar-refractivity contribution in [3.8, 4) is 0 Å². The second kappa shape index (κ2) is 8.57. The molecule has 0 radical (unpaired) electrons. The third-order valence-electron chi connectivity index (χ3n) is 6.55. The second-order valence-corrected chi connectivity index (χ2v) is 9.11. The molecule has 3 unspecified atom stereocenters. The first kappa shape index (κ1) is 21.6. The molecule has 5 rings (SSSR count). The van der Waals surface area contributed by atoms with E-state index < -0.39 is 12.1 Å². The van der Waals surface area contributed by atoms with Gasteiger partial charge in [-0.2, -0.15) is 0 Å². The number of rotatable bonds is 6. The quantitative estimate of drug-likeness (QED) is 0.700. The van der Waals surface area contributed by atoms with Crippen LogP contribution in [0.3, 0.4) is 0 Å². The molecule has 2 N–H and O–H groups in total. The van der Waals surface area contributed by atoms with Gasteiger partial charge in [-0.15, -0.1) is 0 Å². The number of nitrogens with zero attached hydrogens (tertiary/aromatic N) is 3. The van der Waals surface area contributed by atoms with Gasteiger partial charge in [-0.25, -0.2) is 14.4 Å². The number of anilines is 1. The number of hydrogen-bond acceptors (Lipinski definition) is 5. The fourth-order valence-corrected chi connectivity index (χ4v) is 4.34. The number of halogens is 1. The van der Waals surface area contributed by atoms with Gasteiger partial charge in [0.25, 0.3) is 5.91 Å². The predicted molar refractivity (Wildman–Crippen MR) is 125 cm³/mol. The van der Waals surface area contributed by atoms with Crippen molar-refractivity contribution in [3.05, 3.63) is 47.4 Å². The lowest BCUT2D eigenvalue weighted by Gasteiger charge is -2.31. The van der Waals surface area contributed by atoms with Gasteiger partial charge >= 0.3 is 0 Å². The van der Waals surface area contributed by atoms with E-state index in [0.717, 1.165) is 54.4 Å². The minimum Gasteiger partial charge on any atom is -0.384 e. The highest BCUT2D eigenvalue weighted by Crippen LogP contribution is 2.35. The van der Waals surface area contributed by atoms with Crippen molar-refractivity contribution in [3.63, 3.8) is 0 Å². The monoisotopic (exact) mass is 449 g/mol. The Balaban J connectivity index is 1.52. The van der Waals surface area contributed by atoms with E-state index in [4.69, 9.17) is 4.98 Å². The molecule has 2 fully saturated rings. The SMILES string of the molecule is CCCC1C=C(C)C(c2cc3cnc(NC(=O)C4CC4F)cc3nc2C(=O)N2CCC2)=CN1. The molecule has 1 saturated heterocycles. The van der Waals surface area contributed by atoms with Crippen LogP contribution in [-0.2, 0) is 4.79 Å². The predicted octanol–water partition coefficient (Wildman–Crippen LogP) is 3.83. The highest BCUT2D eigenvalue weighted by molar-refractivity contribution is 6.03. The number of nitrogens with one attached hydrogen (secondary N) is 2. The van der Waals surface area contributed by atoms with E-state index in [2.05, 4.69) is 35.5 Å². The Morgan fingerprint density at radius 1 is 1.30 bits per heavy atom. The van der Waals surface area contributed by atoms with Crippen LogP contribution in [-0.4, -0.2) is 52.0 Å². The van der Waals surface area contributed by atoms with Crippen molar-refractivity contribution in [1.82, 2.24) is 20.2 Å². The molecule has 3 aliphatic rings. The lowest BCUT2D eigenvalue weighted by Crippen LogP contribution is -2.42. The average Bonchev–Trinajstić information content (AvgIpc) is 3.49. The van der Waals surface area contributed by atoms with Gasteiger partial charge in [0.2, 0.25) is 5.91 Å². The molecule has 2 aromatic heterocycles. The summed E-state index contributed by atoms with van der Waals surface area (Å²) in [6.07, 6.45) is 8.12. The zero-order chi connectivity index (χ0) is 23.1. The van der Waals surface area contributed by atoms with Gasteiger partial charge < -0.3 is 15.5 Å². The number of carbonyl (C=O) groups is 2. The van der Waals surface area contributed by atoms with E-state index in [1.54, 1.807) is 17.2 Å². The molecule has 2 aliphatic heterocycles. The van der Waals surface area contributed by atoms with Gasteiger partial charge in [-0.05, 0) is 37.8 Å². The zero-order valence-corrected chi connectivity index (χ0v) is 18.9. The number of pyridine rings is 2. The maximum absolute atomic E-state index is 13.3. The maximum Gasteiger partial charge on any atom is 0.273 e. The van der Waals surface area contributed by atoms with Gasteiger partial charge in [0.15, 0.2) is 0 Å². The Bertz CT molecular complexity index is 1190. The molecule has 2 amide bonds. The number of aromatic nitrogens is 2. The molecule has 0 bridgehead atoms. The van der Waals surface area contributed by atoms with E-state index in [-0.39, 0.29) is 24.3 Å². The Labute approximate surface area is 192 Å². The summed E-state index contributed by atoms with van der Waals surface area (Å²) in [5.41, 5.74) is 3.78. The van der Waals surface area contributed by atoms with Crippen LogP contribution in [0.4, 0.5) is 10.2 Å². The third kappa shape index (κ3) is 4.21. The topological polar surface area (TPSA) is 87.2 Å². The van der Waals surface area contributed by atoms with E-state index in [1.165, 1.54) is 0 Å². The first-order valence-corrected chi connectivity index (χ1v) is 11.6. The van der Waals surface area contributed by atoms with Gasteiger partial charge in [-0.3, -0.25) is 9.59 Å². The van der Waals surface area contributed by atoms with Crippen LogP contribution in [0.25, 0.3) is 16.5 Å². The number of alkyl halides is 1. The minimum atomic E-state index is -1.07. The molecular weight excluding hydrogens is 421 g/mol. The van der Waals surface area contributed by atoms with E-state index in [0.29, 0.717) is 17.0 Å². The van der Waals surface area contributed by atoms with Crippen LogP contribution in [0.2, 0.25) is 0 Å². The maximum atomic E-state index is 13.3. The van der Waals surface area contributed by atoms with Gasteiger partial charge in [0.1, 0.15) is 17.7 Å². The van der Waals surface area contributed by atoms with E-state index in [1.807, 2.05) is 12.3 Å². The van der Waals surface area contributed by atoms with Crippen molar-refractivity contribution in [1.29, 1.82) is 0 Å². The van der Waals surface area contributed by atoms with Crippen molar-refractivity contribution < 1.29 is 14.0 Å². The lowest BCUT2D eigenvalue weighted by molar-refractivity contribution is -0.117. The van der Waals surface area contributed by atoms with Gasteiger partial charge in [-0.1, -0.05) is 19.4 Å². The normalized spacial score (nSPS) is 23.8. The number of fused-ring (bicyclic) bond motifs is 1. The highest BCUT2D eigenvalue weighted by Gasteiger charge is 2.43. The standard InChI is InChI=1S/C25H28FN5O2/c1-3-5-16-8-14(2)19(13-27-16)17-9-15-12-28-22(30-24(32)18-10-20(18)26)11-21(15)29-23(17)25(33)31-6-4-7-31/h8-9,11-13,16,18,20,27H,3-7,10H2,1-2H3,(H,28,30,32). The van der Waals surface area contributed by atoms with Crippen molar-refractivity contribution >= 4 is 34.1 Å². The lowest BCUT2D eigenvalue weighted by atomic mass is 9.92. The van der Waals surface area contributed by atoms with Crippen molar-refractivity contribution in [2.24, 2.45) is 5.92 Å². The third-order valence-corrected chi connectivity index (χ3v) is 6.55. The summed E-state index contributed by atoms with van der Waals surface area (Å²) in [5, 5.41) is 6.87. The summed E-state index contributed by atoms with van der Waals surface area (Å²) in [7, 11) is 0. The fraction of sp³-hybridized carbons (Fsp3) is 0.440. The molecule has 7 nitrogen and oxygen atoms in total. The smallest absolute Gasteiger partial charge is 0.273 e. The number of amides is 2. The Morgan fingerprint density at radius 2 is 2.09 bits per heavy atom. The van der Waals surface area contributed by atoms with E-state index >= 15 is 0 Å². The second-order valence-electron chi connectivity index (χ2n) is 9.11. The molecule has 8 heteroatoms. The minimum absolute atomic E-state index is 0.0943. The first-order valence-electron chi connectivity index (χ1n) is 11.6. The number of carbonyl (C=O) groups excluding carboxylic acids is 2.